The van der Waals surface area contributed by atoms with Crippen LogP contribution in [0.5, 0.6) is 0 Å². The van der Waals surface area contributed by atoms with Crippen molar-refractivity contribution in [1.29, 1.82) is 0 Å². The maximum absolute atomic E-state index is 12.7. The molecule has 0 unspecified atom stereocenters. The van der Waals surface area contributed by atoms with E-state index in [1.165, 1.54) is 4.90 Å². The van der Waals surface area contributed by atoms with Crippen LogP contribution in [0.15, 0.2) is 0 Å². The van der Waals surface area contributed by atoms with E-state index in [0.717, 1.165) is 25.7 Å². The summed E-state index contributed by atoms with van der Waals surface area (Å²) in [5, 5.41) is 0. The first-order valence-electron chi connectivity index (χ1n) is 9.42. The number of hydrogen-bond acceptors (Lipinski definition) is 5. The molecule has 0 aromatic rings. The van der Waals surface area contributed by atoms with Gasteiger partial charge in [0.1, 0.15) is 0 Å². The molecular formula is C17H29N3O4S. The van der Waals surface area contributed by atoms with Crippen LogP contribution in [0.1, 0.15) is 58.3 Å². The molecule has 1 spiro atoms. The van der Waals surface area contributed by atoms with Gasteiger partial charge >= 0.3 is 0 Å². The van der Waals surface area contributed by atoms with Crippen LogP contribution in [-0.2, 0) is 19.6 Å². The number of hydrogen-bond donors (Lipinski definition) is 1. The minimum Gasteiger partial charge on any atom is -0.285 e. The number of nitrogens with one attached hydrogen (secondary N) is 1. The molecule has 1 aliphatic carbocycles. The van der Waals surface area contributed by atoms with Gasteiger partial charge in [0.2, 0.25) is 21.8 Å². The van der Waals surface area contributed by atoms with Crippen molar-refractivity contribution in [2.24, 2.45) is 5.41 Å². The van der Waals surface area contributed by atoms with Gasteiger partial charge in [-0.2, -0.15) is 0 Å². The number of nitrogens with zero attached hydrogens (tertiary/aromatic N) is 2. The SMILES string of the molecule is CCCS(=O)(=O)NC1CCN(CN2C(=O)CC3(CCCC3)C2=O)CC1. The molecule has 0 bridgehead atoms. The van der Waals surface area contributed by atoms with E-state index in [1.54, 1.807) is 0 Å². The van der Waals surface area contributed by atoms with Crippen LogP contribution in [0.3, 0.4) is 0 Å². The molecular weight excluding hydrogens is 342 g/mol. The lowest BCUT2D eigenvalue weighted by atomic mass is 9.85. The van der Waals surface area contributed by atoms with Gasteiger partial charge in [-0.3, -0.25) is 19.4 Å². The Bertz CT molecular complexity index is 620. The third kappa shape index (κ3) is 4.06. The lowest BCUT2D eigenvalue weighted by Crippen LogP contribution is -2.49. The van der Waals surface area contributed by atoms with Crippen molar-refractivity contribution < 1.29 is 18.0 Å². The second kappa shape index (κ2) is 7.32. The number of carbonyl (C=O) groups is 2. The van der Waals surface area contributed by atoms with E-state index in [9.17, 15) is 18.0 Å². The third-order valence-electron chi connectivity index (χ3n) is 5.80. The Hall–Kier alpha value is -0.990. The van der Waals surface area contributed by atoms with Gasteiger partial charge in [0.15, 0.2) is 0 Å². The zero-order chi connectivity index (χ0) is 18.1. The zero-order valence-electron chi connectivity index (χ0n) is 15.0. The predicted molar refractivity (Wildman–Crippen MR) is 94.0 cm³/mol. The summed E-state index contributed by atoms with van der Waals surface area (Å²) in [6.45, 7) is 3.60. The summed E-state index contributed by atoms with van der Waals surface area (Å²) in [5.41, 5.74) is -0.412. The Labute approximate surface area is 150 Å². The van der Waals surface area contributed by atoms with Crippen LogP contribution < -0.4 is 4.72 Å². The van der Waals surface area contributed by atoms with Gasteiger partial charge in [-0.25, -0.2) is 13.1 Å². The van der Waals surface area contributed by atoms with Crippen molar-refractivity contribution in [3.05, 3.63) is 0 Å². The third-order valence-corrected chi connectivity index (χ3v) is 7.44. The first kappa shape index (κ1) is 18.8. The molecule has 2 heterocycles. The maximum atomic E-state index is 12.7. The average molecular weight is 372 g/mol. The van der Waals surface area contributed by atoms with Crippen molar-refractivity contribution in [2.45, 2.75) is 64.3 Å². The van der Waals surface area contributed by atoms with E-state index in [-0.39, 0.29) is 23.6 Å². The van der Waals surface area contributed by atoms with Gasteiger partial charge in [0.05, 0.1) is 17.8 Å². The lowest BCUT2D eigenvalue weighted by Gasteiger charge is -2.34. The number of imide groups is 1. The summed E-state index contributed by atoms with van der Waals surface area (Å²) in [6, 6.07) is -0.0426. The van der Waals surface area contributed by atoms with Crippen molar-refractivity contribution in [1.82, 2.24) is 14.5 Å². The number of sulfonamides is 1. The van der Waals surface area contributed by atoms with Crippen LogP contribution in [0.25, 0.3) is 0 Å². The normalized spacial score (nSPS) is 25.4. The summed E-state index contributed by atoms with van der Waals surface area (Å²) >= 11 is 0. The highest BCUT2D eigenvalue weighted by atomic mass is 32.2. The van der Waals surface area contributed by atoms with Gasteiger partial charge in [-0.15, -0.1) is 0 Å². The van der Waals surface area contributed by atoms with E-state index >= 15 is 0 Å². The molecule has 1 N–H and O–H groups in total. The largest absolute Gasteiger partial charge is 0.285 e. The van der Waals surface area contributed by atoms with Crippen molar-refractivity contribution in [3.63, 3.8) is 0 Å². The van der Waals surface area contributed by atoms with Gasteiger partial charge in [0, 0.05) is 25.6 Å². The van der Waals surface area contributed by atoms with Gasteiger partial charge in [-0.05, 0) is 32.1 Å². The second-order valence-electron chi connectivity index (χ2n) is 7.76. The van der Waals surface area contributed by atoms with Gasteiger partial charge in [-0.1, -0.05) is 19.8 Å². The minimum absolute atomic E-state index is 0.0146. The monoisotopic (exact) mass is 371 g/mol. The van der Waals surface area contributed by atoms with E-state index in [1.807, 2.05) is 6.92 Å². The summed E-state index contributed by atoms with van der Waals surface area (Å²) < 4.78 is 26.5. The Morgan fingerprint density at radius 2 is 1.80 bits per heavy atom. The summed E-state index contributed by atoms with van der Waals surface area (Å²) in [4.78, 5) is 28.6. The predicted octanol–water partition coefficient (Wildman–Crippen LogP) is 1.06. The average Bonchev–Trinajstić information content (AvgIpc) is 3.10. The molecule has 3 fully saturated rings. The fraction of sp³-hybridized carbons (Fsp3) is 0.882. The second-order valence-corrected chi connectivity index (χ2v) is 9.64. The van der Waals surface area contributed by atoms with E-state index in [2.05, 4.69) is 9.62 Å². The van der Waals surface area contributed by atoms with Crippen molar-refractivity contribution >= 4 is 21.8 Å². The van der Waals surface area contributed by atoms with E-state index in [0.29, 0.717) is 45.4 Å². The Kier molecular flexibility index (Phi) is 5.51. The zero-order valence-corrected chi connectivity index (χ0v) is 15.8. The molecule has 0 atom stereocenters. The first-order valence-corrected chi connectivity index (χ1v) is 11.1. The summed E-state index contributed by atoms with van der Waals surface area (Å²) in [7, 11) is -3.19. The number of piperidine rings is 1. The highest BCUT2D eigenvalue weighted by Crippen LogP contribution is 2.46. The standard InChI is InChI=1S/C17H29N3O4S/c1-2-11-25(23,24)18-14-5-9-19(10-6-14)13-20-15(21)12-17(16(20)22)7-3-4-8-17/h14,18H,2-13H2,1H3. The Morgan fingerprint density at radius 3 is 2.40 bits per heavy atom. The number of likely N-dealkylation sites (tertiary alicyclic amines) is 2. The molecule has 142 valence electrons. The molecule has 3 rings (SSSR count). The minimum atomic E-state index is -3.19. The first-order chi connectivity index (χ1) is 11.9. The van der Waals surface area contributed by atoms with Crippen LogP contribution in [-0.4, -0.2) is 61.6 Å². The van der Waals surface area contributed by atoms with Crippen molar-refractivity contribution in [2.75, 3.05) is 25.5 Å². The number of amides is 2. The molecule has 8 heteroatoms. The molecule has 0 radical (unpaired) electrons. The van der Waals surface area contributed by atoms with Crippen molar-refractivity contribution in [3.8, 4) is 0 Å². The molecule has 3 aliphatic rings. The van der Waals surface area contributed by atoms with E-state index in [4.69, 9.17) is 0 Å². The van der Waals surface area contributed by atoms with E-state index < -0.39 is 15.4 Å². The molecule has 1 saturated carbocycles. The Morgan fingerprint density at radius 1 is 1.16 bits per heavy atom. The number of rotatable bonds is 6. The Balaban J connectivity index is 1.51. The molecule has 7 nitrogen and oxygen atoms in total. The smallest absolute Gasteiger partial charge is 0.237 e. The van der Waals surface area contributed by atoms with Crippen LogP contribution >= 0.6 is 0 Å². The molecule has 2 saturated heterocycles. The molecule has 0 aromatic carbocycles. The fourth-order valence-electron chi connectivity index (χ4n) is 4.42. The van der Waals surface area contributed by atoms with Gasteiger partial charge in [0.25, 0.3) is 0 Å². The fourth-order valence-corrected chi connectivity index (χ4v) is 5.82. The number of carbonyl (C=O) groups excluding carboxylic acids is 2. The van der Waals surface area contributed by atoms with Crippen LogP contribution in [0.2, 0.25) is 0 Å². The lowest BCUT2D eigenvalue weighted by molar-refractivity contribution is -0.144. The molecule has 25 heavy (non-hydrogen) atoms. The molecule has 2 amide bonds. The molecule has 2 aliphatic heterocycles. The maximum Gasteiger partial charge on any atom is 0.237 e. The molecule has 0 aromatic heterocycles. The topological polar surface area (TPSA) is 86.8 Å². The van der Waals surface area contributed by atoms with Gasteiger partial charge < -0.3 is 0 Å². The highest BCUT2D eigenvalue weighted by Gasteiger charge is 2.52. The summed E-state index contributed by atoms with van der Waals surface area (Å²) in [5.74, 6) is 0.130. The van der Waals surface area contributed by atoms with Crippen LogP contribution in [0.4, 0.5) is 0 Å². The van der Waals surface area contributed by atoms with Crippen LogP contribution in [0, 0.1) is 5.41 Å². The quantitative estimate of drug-likeness (QED) is 0.706. The highest BCUT2D eigenvalue weighted by molar-refractivity contribution is 7.89. The summed E-state index contributed by atoms with van der Waals surface area (Å²) in [6.07, 6.45) is 6.17.